The Morgan fingerprint density at radius 2 is 1.96 bits per heavy atom. The van der Waals surface area contributed by atoms with E-state index in [0.717, 1.165) is 11.3 Å². The quantitative estimate of drug-likeness (QED) is 0.533. The molecule has 0 spiro atoms. The molecule has 0 fully saturated rings. The molecule has 0 aliphatic heterocycles. The summed E-state index contributed by atoms with van der Waals surface area (Å²) in [5.41, 5.74) is 2.34. The van der Waals surface area contributed by atoms with Crippen LogP contribution in [0.5, 0.6) is 0 Å². The minimum atomic E-state index is -1.35. The highest BCUT2D eigenvalue weighted by atomic mass is 16.6. The lowest BCUT2D eigenvalue weighted by Gasteiger charge is -2.14. The van der Waals surface area contributed by atoms with Gasteiger partial charge in [-0.3, -0.25) is 10.1 Å². The normalized spacial score (nSPS) is 12.5. The van der Waals surface area contributed by atoms with Gasteiger partial charge in [0, 0.05) is 29.7 Å². The fraction of sp³-hybridized carbons (Fsp3) is 0.125. The predicted molar refractivity (Wildman–Crippen MR) is 79.7 cm³/mol. The van der Waals surface area contributed by atoms with Crippen molar-refractivity contribution in [1.82, 2.24) is 9.78 Å². The minimum absolute atomic E-state index is 0.0519. The summed E-state index contributed by atoms with van der Waals surface area (Å²) >= 11 is 0. The molecule has 24 heavy (non-hydrogen) atoms. The number of nitrogens with zero attached hydrogens (tertiary/aromatic N) is 3. The van der Waals surface area contributed by atoms with E-state index in [1.807, 2.05) is 0 Å². The Kier molecular flexibility index (Phi) is 2.99. The van der Waals surface area contributed by atoms with E-state index >= 15 is 0 Å². The average molecular weight is 324 g/mol. The zero-order valence-electron chi connectivity index (χ0n) is 12.3. The number of fused-ring (bicyclic) bond motifs is 3. The van der Waals surface area contributed by atoms with Crippen LogP contribution in [-0.4, -0.2) is 20.7 Å². The molecule has 8 heteroatoms. The molecule has 3 aromatic rings. The molecule has 0 saturated carbocycles. The average Bonchev–Trinajstić information content (AvgIpc) is 3.18. The highest BCUT2D eigenvalue weighted by Gasteiger charge is 2.28. The molecule has 4 rings (SSSR count). The lowest BCUT2D eigenvalue weighted by Crippen LogP contribution is -2.24. The first kappa shape index (κ1) is 14.2. The van der Waals surface area contributed by atoms with Gasteiger partial charge in [-0.1, -0.05) is 0 Å². The summed E-state index contributed by atoms with van der Waals surface area (Å²) in [6.07, 6.45) is 2.61. The number of aromatic carboxylic acids is 1. The van der Waals surface area contributed by atoms with E-state index in [4.69, 9.17) is 4.42 Å². The monoisotopic (exact) mass is 324 g/mol. The van der Waals surface area contributed by atoms with Crippen LogP contribution < -0.4 is 5.11 Å². The van der Waals surface area contributed by atoms with Gasteiger partial charge in [0.2, 0.25) is 0 Å². The molecule has 0 bridgehead atoms. The fourth-order valence-electron chi connectivity index (χ4n) is 3.01. The van der Waals surface area contributed by atoms with Crippen molar-refractivity contribution in [2.45, 2.75) is 12.8 Å². The van der Waals surface area contributed by atoms with Gasteiger partial charge >= 0.3 is 0 Å². The van der Waals surface area contributed by atoms with Gasteiger partial charge in [-0.05, 0) is 24.6 Å². The largest absolute Gasteiger partial charge is 0.543 e. The maximum Gasteiger partial charge on any atom is 0.269 e. The van der Waals surface area contributed by atoms with Crippen LogP contribution >= 0.6 is 0 Å². The molecule has 1 aliphatic rings. The van der Waals surface area contributed by atoms with Crippen LogP contribution in [0.4, 0.5) is 5.69 Å². The highest BCUT2D eigenvalue weighted by Crippen LogP contribution is 2.37. The molecule has 2 heterocycles. The smallest absolute Gasteiger partial charge is 0.269 e. The Balaban J connectivity index is 1.94. The number of non-ortho nitro benzene ring substituents is 1. The third-order valence-electron chi connectivity index (χ3n) is 4.08. The van der Waals surface area contributed by atoms with Gasteiger partial charge in [-0.15, -0.1) is 0 Å². The number of rotatable bonds is 3. The lowest BCUT2D eigenvalue weighted by molar-refractivity contribution is -0.384. The van der Waals surface area contributed by atoms with Gasteiger partial charge in [0.15, 0.2) is 0 Å². The molecule has 0 saturated heterocycles. The van der Waals surface area contributed by atoms with Crippen LogP contribution in [0.2, 0.25) is 0 Å². The summed E-state index contributed by atoms with van der Waals surface area (Å²) in [6.45, 7) is 0. The number of aryl methyl sites for hydroxylation is 1. The van der Waals surface area contributed by atoms with Crippen LogP contribution in [0.25, 0.3) is 16.9 Å². The van der Waals surface area contributed by atoms with E-state index < -0.39 is 10.9 Å². The van der Waals surface area contributed by atoms with E-state index in [-0.39, 0.29) is 11.4 Å². The zero-order chi connectivity index (χ0) is 16.8. The first-order valence-corrected chi connectivity index (χ1v) is 7.21. The van der Waals surface area contributed by atoms with Crippen molar-refractivity contribution in [2.24, 2.45) is 0 Å². The predicted octanol–water partition coefficient (Wildman–Crippen LogP) is 1.50. The Morgan fingerprint density at radius 3 is 2.62 bits per heavy atom. The van der Waals surface area contributed by atoms with Crippen molar-refractivity contribution in [3.05, 3.63) is 63.7 Å². The molecule has 2 aromatic heterocycles. The Hall–Kier alpha value is -3.42. The standard InChI is InChI=1S/C16H11N3O5/c20-16(21)14-12-5-6-13-11(7-8-24-13)15(12)18(17-14)9-1-3-10(4-2-9)19(22)23/h1-4,7-8H,5-6H2,(H,20,21)/p-1. The summed E-state index contributed by atoms with van der Waals surface area (Å²) < 4.78 is 6.90. The van der Waals surface area contributed by atoms with Crippen molar-refractivity contribution in [1.29, 1.82) is 0 Å². The number of benzene rings is 1. The molecule has 0 radical (unpaired) electrons. The van der Waals surface area contributed by atoms with Crippen LogP contribution in [0.1, 0.15) is 21.8 Å². The highest BCUT2D eigenvalue weighted by molar-refractivity contribution is 5.89. The third-order valence-corrected chi connectivity index (χ3v) is 4.08. The van der Waals surface area contributed by atoms with Crippen molar-refractivity contribution >= 4 is 11.7 Å². The van der Waals surface area contributed by atoms with E-state index in [9.17, 15) is 20.0 Å². The molecular weight excluding hydrogens is 314 g/mol. The summed E-state index contributed by atoms with van der Waals surface area (Å²) in [6, 6.07) is 7.51. The van der Waals surface area contributed by atoms with Crippen molar-refractivity contribution in [2.75, 3.05) is 0 Å². The molecule has 0 N–H and O–H groups in total. The van der Waals surface area contributed by atoms with Crippen LogP contribution in [0, 0.1) is 10.1 Å². The number of hydrogen-bond acceptors (Lipinski definition) is 6. The van der Waals surface area contributed by atoms with Crippen molar-refractivity contribution < 1.29 is 19.2 Å². The van der Waals surface area contributed by atoms with Crippen LogP contribution in [0.15, 0.2) is 41.0 Å². The second-order valence-corrected chi connectivity index (χ2v) is 5.41. The molecular formula is C16H10N3O5-. The Morgan fingerprint density at radius 1 is 1.21 bits per heavy atom. The van der Waals surface area contributed by atoms with Gasteiger partial charge in [0.25, 0.3) is 5.69 Å². The number of carboxylic acids is 1. The van der Waals surface area contributed by atoms with E-state index in [2.05, 4.69) is 5.10 Å². The first-order valence-electron chi connectivity index (χ1n) is 7.21. The lowest BCUT2D eigenvalue weighted by atomic mass is 9.94. The Labute approximate surface area is 135 Å². The summed E-state index contributed by atoms with van der Waals surface area (Å²) in [7, 11) is 0. The van der Waals surface area contributed by atoms with Gasteiger partial charge in [0.1, 0.15) is 11.5 Å². The minimum Gasteiger partial charge on any atom is -0.543 e. The number of carboxylic acid groups (broad SMARTS) is 1. The molecule has 1 aromatic carbocycles. The van der Waals surface area contributed by atoms with Crippen LogP contribution in [0.3, 0.4) is 0 Å². The number of nitro benzene ring substituents is 1. The maximum absolute atomic E-state index is 11.4. The SMILES string of the molecule is O=C([O-])c1nn(-c2ccc([N+](=O)[O-])cc2)c2c1CCc1occc1-2. The number of hydrogen-bond donors (Lipinski definition) is 0. The molecule has 120 valence electrons. The molecule has 0 atom stereocenters. The Bertz CT molecular complexity index is 968. The number of nitro groups is 1. The number of carbonyl (C=O) groups excluding carboxylic acids is 1. The summed E-state index contributed by atoms with van der Waals surface area (Å²) in [5, 5.41) is 26.4. The second-order valence-electron chi connectivity index (χ2n) is 5.41. The van der Waals surface area contributed by atoms with E-state index in [1.54, 1.807) is 12.3 Å². The topological polar surface area (TPSA) is 114 Å². The number of carbonyl (C=O) groups is 1. The first-order chi connectivity index (χ1) is 11.6. The third kappa shape index (κ3) is 2.00. The second kappa shape index (κ2) is 5.05. The van der Waals surface area contributed by atoms with Crippen molar-refractivity contribution in [3.8, 4) is 16.9 Å². The zero-order valence-corrected chi connectivity index (χ0v) is 12.3. The van der Waals surface area contributed by atoms with E-state index in [1.165, 1.54) is 28.9 Å². The maximum atomic E-state index is 11.4. The molecule has 1 aliphatic carbocycles. The molecule has 0 amide bonds. The molecule has 0 unspecified atom stereocenters. The fourth-order valence-corrected chi connectivity index (χ4v) is 3.01. The van der Waals surface area contributed by atoms with Crippen molar-refractivity contribution in [3.63, 3.8) is 0 Å². The van der Waals surface area contributed by atoms with Gasteiger partial charge in [-0.2, -0.15) is 5.10 Å². The van der Waals surface area contributed by atoms with Gasteiger partial charge in [0.05, 0.1) is 28.5 Å². The molecule has 8 nitrogen and oxygen atoms in total. The number of aromatic nitrogens is 2. The summed E-state index contributed by atoms with van der Waals surface area (Å²) in [5.74, 6) is -0.589. The van der Waals surface area contributed by atoms with Gasteiger partial charge in [-0.25, -0.2) is 4.68 Å². The summed E-state index contributed by atoms with van der Waals surface area (Å²) in [4.78, 5) is 21.7. The van der Waals surface area contributed by atoms with Gasteiger partial charge < -0.3 is 14.3 Å². The van der Waals surface area contributed by atoms with E-state index in [0.29, 0.717) is 29.8 Å². The van der Waals surface area contributed by atoms with Crippen LogP contribution in [-0.2, 0) is 12.8 Å². The number of furan rings is 1.